The van der Waals surface area contributed by atoms with Gasteiger partial charge in [-0.25, -0.2) is 0 Å². The molecule has 0 aliphatic carbocycles. The van der Waals surface area contributed by atoms with Gasteiger partial charge in [0.2, 0.25) is 0 Å². The molecule has 0 bridgehead atoms. The van der Waals surface area contributed by atoms with Crippen molar-refractivity contribution in [2.24, 2.45) is 0 Å². The molecule has 0 saturated carbocycles. The van der Waals surface area contributed by atoms with Crippen LogP contribution in [0.15, 0.2) is 12.1 Å². The third-order valence-corrected chi connectivity index (χ3v) is 4.28. The summed E-state index contributed by atoms with van der Waals surface area (Å²) in [6, 6.07) is 4.80. The van der Waals surface area contributed by atoms with Crippen LogP contribution in [0.2, 0.25) is 5.02 Å². The Bertz CT molecular complexity index is 450. The van der Waals surface area contributed by atoms with E-state index < -0.39 is 0 Å². The van der Waals surface area contributed by atoms with Crippen molar-refractivity contribution in [3.8, 4) is 5.75 Å². The van der Waals surface area contributed by atoms with Crippen LogP contribution in [0.3, 0.4) is 0 Å². The second kappa shape index (κ2) is 4.98. The highest BCUT2D eigenvalue weighted by molar-refractivity contribution is 6.32. The van der Waals surface area contributed by atoms with E-state index in [-0.39, 0.29) is 0 Å². The van der Waals surface area contributed by atoms with Gasteiger partial charge in [0.15, 0.2) is 0 Å². The lowest BCUT2D eigenvalue weighted by Crippen LogP contribution is -2.43. The van der Waals surface area contributed by atoms with E-state index in [1.165, 1.54) is 24.1 Å². The second-order valence-electron chi connectivity index (χ2n) is 5.06. The Kier molecular flexibility index (Phi) is 3.35. The van der Waals surface area contributed by atoms with Gasteiger partial charge in [0, 0.05) is 24.8 Å². The van der Waals surface area contributed by atoms with Crippen LogP contribution in [-0.2, 0) is 6.42 Å². The first-order valence-electron chi connectivity index (χ1n) is 6.63. The number of aryl methyl sites for hydroxylation is 1. The maximum atomic E-state index is 6.27. The van der Waals surface area contributed by atoms with Crippen LogP contribution in [0, 0.1) is 0 Å². The monoisotopic (exact) mass is 266 g/mol. The lowest BCUT2D eigenvalue weighted by atomic mass is 9.95. The van der Waals surface area contributed by atoms with Crippen LogP contribution in [0.25, 0.3) is 0 Å². The first-order chi connectivity index (χ1) is 8.79. The maximum Gasteiger partial charge on any atom is 0.137 e. The lowest BCUT2D eigenvalue weighted by molar-refractivity contribution is 0.413. The summed E-state index contributed by atoms with van der Waals surface area (Å²) in [7, 11) is 1.68. The molecule has 2 aliphatic rings. The molecule has 0 radical (unpaired) electrons. The van der Waals surface area contributed by atoms with Gasteiger partial charge in [0.1, 0.15) is 5.75 Å². The molecule has 18 heavy (non-hydrogen) atoms. The van der Waals surface area contributed by atoms with E-state index in [9.17, 15) is 0 Å². The number of halogens is 1. The van der Waals surface area contributed by atoms with E-state index in [1.54, 1.807) is 7.11 Å². The average Bonchev–Trinajstić information content (AvgIpc) is 2.63. The minimum absolute atomic E-state index is 0.615. The summed E-state index contributed by atoms with van der Waals surface area (Å²) in [6.45, 7) is 3.32. The van der Waals surface area contributed by atoms with Gasteiger partial charge in [0.05, 0.1) is 12.1 Å². The van der Waals surface area contributed by atoms with Crippen LogP contribution in [-0.4, -0.2) is 32.8 Å². The highest BCUT2D eigenvalue weighted by Gasteiger charge is 2.28. The normalized spacial score (nSPS) is 23.0. The Morgan fingerprint density at radius 3 is 3.17 bits per heavy atom. The molecule has 1 atom stereocenters. The zero-order valence-corrected chi connectivity index (χ0v) is 11.5. The predicted molar refractivity (Wildman–Crippen MR) is 74.9 cm³/mol. The van der Waals surface area contributed by atoms with Gasteiger partial charge in [0.25, 0.3) is 0 Å². The molecule has 2 aliphatic heterocycles. The van der Waals surface area contributed by atoms with Crippen molar-refractivity contribution in [1.29, 1.82) is 0 Å². The minimum atomic E-state index is 0.615. The highest BCUT2D eigenvalue weighted by atomic mass is 35.5. The molecule has 2 heterocycles. The van der Waals surface area contributed by atoms with Crippen LogP contribution in [0.4, 0.5) is 5.69 Å². The van der Waals surface area contributed by atoms with Gasteiger partial charge in [-0.05, 0) is 43.5 Å². The molecule has 1 N–H and O–H groups in total. The number of hydrogen-bond donors (Lipinski definition) is 1. The van der Waals surface area contributed by atoms with E-state index in [2.05, 4.69) is 22.3 Å². The fraction of sp³-hybridized carbons (Fsp3) is 0.571. The van der Waals surface area contributed by atoms with E-state index >= 15 is 0 Å². The van der Waals surface area contributed by atoms with E-state index in [0.717, 1.165) is 31.8 Å². The average molecular weight is 267 g/mol. The van der Waals surface area contributed by atoms with Gasteiger partial charge in [-0.3, -0.25) is 0 Å². The van der Waals surface area contributed by atoms with Crippen LogP contribution < -0.4 is 15.0 Å². The molecule has 1 fully saturated rings. The smallest absolute Gasteiger partial charge is 0.137 e. The van der Waals surface area contributed by atoms with E-state index in [4.69, 9.17) is 16.3 Å². The predicted octanol–water partition coefficient (Wildman–Crippen LogP) is 2.46. The highest BCUT2D eigenvalue weighted by Crippen LogP contribution is 2.38. The molecule has 0 amide bonds. The first kappa shape index (κ1) is 12.1. The summed E-state index contributed by atoms with van der Waals surface area (Å²) < 4.78 is 5.31. The molecule has 3 rings (SSSR count). The molecular weight excluding hydrogens is 248 g/mol. The van der Waals surface area contributed by atoms with Gasteiger partial charge in [-0.2, -0.15) is 0 Å². The van der Waals surface area contributed by atoms with Gasteiger partial charge in [-0.1, -0.05) is 11.6 Å². The Morgan fingerprint density at radius 1 is 1.44 bits per heavy atom. The molecule has 1 aromatic rings. The number of benzene rings is 1. The number of nitrogens with one attached hydrogen (secondary N) is 1. The Labute approximate surface area is 113 Å². The Balaban J connectivity index is 1.99. The number of fused-ring (bicyclic) bond motifs is 3. The minimum Gasteiger partial charge on any atom is -0.495 e. The summed E-state index contributed by atoms with van der Waals surface area (Å²) in [4.78, 5) is 2.52. The topological polar surface area (TPSA) is 24.5 Å². The zero-order chi connectivity index (χ0) is 12.5. The SMILES string of the molecule is COc1cc2c(cc1Cl)N1CCCNC[C@H]1CC2. The van der Waals surface area contributed by atoms with Gasteiger partial charge >= 0.3 is 0 Å². The number of ether oxygens (including phenoxy) is 1. The number of methoxy groups -OCH3 is 1. The van der Waals surface area contributed by atoms with Crippen molar-refractivity contribution in [2.75, 3.05) is 31.6 Å². The quantitative estimate of drug-likeness (QED) is 0.845. The van der Waals surface area contributed by atoms with Crippen LogP contribution in [0.1, 0.15) is 18.4 Å². The second-order valence-corrected chi connectivity index (χ2v) is 5.47. The fourth-order valence-corrected chi connectivity index (χ4v) is 3.28. The van der Waals surface area contributed by atoms with Crippen molar-refractivity contribution in [3.05, 3.63) is 22.7 Å². The molecule has 3 nitrogen and oxygen atoms in total. The zero-order valence-electron chi connectivity index (χ0n) is 10.7. The summed E-state index contributed by atoms with van der Waals surface area (Å²) in [6.07, 6.45) is 3.52. The van der Waals surface area contributed by atoms with Crippen molar-refractivity contribution < 1.29 is 4.74 Å². The van der Waals surface area contributed by atoms with Crippen LogP contribution in [0.5, 0.6) is 5.75 Å². The largest absolute Gasteiger partial charge is 0.495 e. The van der Waals surface area contributed by atoms with Gasteiger partial charge < -0.3 is 15.0 Å². The standard InChI is InChI=1S/C14H19ClN2O/c1-18-14-7-10-3-4-11-9-16-5-2-6-17(11)13(10)8-12(14)15/h7-8,11,16H,2-6,9H2,1H3/t11-/m1/s1. The molecule has 98 valence electrons. The lowest BCUT2D eigenvalue weighted by Gasteiger charge is -2.38. The molecular formula is C14H19ClN2O. The van der Waals surface area contributed by atoms with Crippen molar-refractivity contribution in [3.63, 3.8) is 0 Å². The molecule has 1 aromatic carbocycles. The molecule has 0 spiro atoms. The van der Waals surface area contributed by atoms with E-state index in [0.29, 0.717) is 11.1 Å². The number of rotatable bonds is 1. The third kappa shape index (κ3) is 2.06. The van der Waals surface area contributed by atoms with Crippen molar-refractivity contribution in [1.82, 2.24) is 5.32 Å². The summed E-state index contributed by atoms with van der Waals surface area (Å²) in [5.41, 5.74) is 2.68. The molecule has 0 unspecified atom stereocenters. The van der Waals surface area contributed by atoms with E-state index in [1.807, 2.05) is 0 Å². The Hall–Kier alpha value is -0.930. The number of nitrogens with zero attached hydrogens (tertiary/aromatic N) is 1. The van der Waals surface area contributed by atoms with Crippen LogP contribution >= 0.6 is 11.6 Å². The molecule has 0 aromatic heterocycles. The van der Waals surface area contributed by atoms with Gasteiger partial charge in [-0.15, -0.1) is 0 Å². The van der Waals surface area contributed by atoms with Crippen molar-refractivity contribution in [2.45, 2.75) is 25.3 Å². The summed E-state index contributed by atoms with van der Waals surface area (Å²) in [5.74, 6) is 0.793. The third-order valence-electron chi connectivity index (χ3n) is 3.98. The molecule has 4 heteroatoms. The number of hydrogen-bond acceptors (Lipinski definition) is 3. The summed E-state index contributed by atoms with van der Waals surface area (Å²) in [5, 5.41) is 4.23. The summed E-state index contributed by atoms with van der Waals surface area (Å²) >= 11 is 6.27. The van der Waals surface area contributed by atoms with Crippen molar-refractivity contribution >= 4 is 17.3 Å². The first-order valence-corrected chi connectivity index (χ1v) is 7.01. The molecule has 1 saturated heterocycles. The maximum absolute atomic E-state index is 6.27. The number of anilines is 1. The fourth-order valence-electron chi connectivity index (χ4n) is 3.04. The Morgan fingerprint density at radius 2 is 2.33 bits per heavy atom.